The van der Waals surface area contributed by atoms with Gasteiger partial charge in [0.05, 0.1) is 10.6 Å². The number of nitrogens with one attached hydrogen (secondary N) is 1. The smallest absolute Gasteiger partial charge is 0.242 e. The van der Waals surface area contributed by atoms with Crippen LogP contribution >= 0.6 is 24.0 Å². The molecule has 1 aromatic rings. The van der Waals surface area contributed by atoms with Gasteiger partial charge in [-0.3, -0.25) is 4.79 Å². The van der Waals surface area contributed by atoms with Crippen LogP contribution in [0.3, 0.4) is 0 Å². The van der Waals surface area contributed by atoms with Gasteiger partial charge in [-0.2, -0.15) is 0 Å². The first-order chi connectivity index (χ1) is 12.2. The molecule has 1 atom stereocenters. The van der Waals surface area contributed by atoms with Crippen molar-refractivity contribution in [2.24, 2.45) is 5.92 Å². The molecular weight excluding hydrogens is 390 g/mol. The fraction of sp³-hybridized carbons (Fsp3) is 0.529. The van der Waals surface area contributed by atoms with Crippen LogP contribution in [0.25, 0.3) is 0 Å². The Kier molecular flexibility index (Phi) is 7.45. The number of hydrogen-bond acceptors (Lipinski definition) is 5. The van der Waals surface area contributed by atoms with Gasteiger partial charge in [-0.05, 0) is 43.0 Å². The molecule has 1 aliphatic rings. The lowest BCUT2D eigenvalue weighted by molar-refractivity contribution is -0.113. The lowest BCUT2D eigenvalue weighted by Gasteiger charge is -2.32. The van der Waals surface area contributed by atoms with Crippen LogP contribution in [-0.2, 0) is 14.8 Å². The molecule has 1 saturated heterocycles. The average Bonchev–Trinajstić information content (AvgIpc) is 2.60. The number of likely N-dealkylation sites (tertiary alicyclic amines) is 1. The molecule has 0 saturated carbocycles. The van der Waals surface area contributed by atoms with Crippen LogP contribution in [-0.4, -0.2) is 60.8 Å². The number of thioether (sulfide) groups is 1. The topological polar surface area (TPSA) is 69.7 Å². The lowest BCUT2D eigenvalue weighted by Crippen LogP contribution is -2.37. The maximum absolute atomic E-state index is 12.1. The van der Waals surface area contributed by atoms with Crippen molar-refractivity contribution in [2.75, 3.05) is 38.3 Å². The van der Waals surface area contributed by atoms with E-state index in [1.807, 2.05) is 0 Å². The standard InChI is InChI=1S/C17H25N3O3S3/c1-13-5-4-10-20(11-13)17(24)25-12-16(21)18-14-6-8-15(9-7-14)26(22,23)19(2)3/h6-9,13H,4-5,10-12H2,1-3H3,(H,18,21)/t13-/m0/s1. The summed E-state index contributed by atoms with van der Waals surface area (Å²) in [5, 5.41) is 2.77. The normalized spacial score (nSPS) is 18.0. The quantitative estimate of drug-likeness (QED) is 0.746. The van der Waals surface area contributed by atoms with Gasteiger partial charge in [0, 0.05) is 32.9 Å². The largest absolute Gasteiger partial charge is 0.357 e. The van der Waals surface area contributed by atoms with Gasteiger partial charge in [0.15, 0.2) is 0 Å². The highest BCUT2D eigenvalue weighted by atomic mass is 32.2. The number of carbonyl (C=O) groups excluding carboxylic acids is 1. The van der Waals surface area contributed by atoms with E-state index in [4.69, 9.17) is 12.2 Å². The van der Waals surface area contributed by atoms with Crippen molar-refractivity contribution in [3.63, 3.8) is 0 Å². The third kappa shape index (κ3) is 5.67. The molecule has 0 aliphatic carbocycles. The van der Waals surface area contributed by atoms with E-state index in [2.05, 4.69) is 17.1 Å². The number of carbonyl (C=O) groups is 1. The molecule has 0 radical (unpaired) electrons. The van der Waals surface area contributed by atoms with Gasteiger partial charge in [-0.1, -0.05) is 30.9 Å². The molecule has 0 unspecified atom stereocenters. The van der Waals surface area contributed by atoms with Gasteiger partial charge in [0.1, 0.15) is 4.32 Å². The molecule has 0 spiro atoms. The predicted octanol–water partition coefficient (Wildman–Crippen LogP) is 2.63. The number of anilines is 1. The Hall–Kier alpha value is -1.16. The second kappa shape index (κ2) is 9.16. The maximum atomic E-state index is 12.1. The second-order valence-corrected chi connectivity index (χ2v) is 10.4. The summed E-state index contributed by atoms with van der Waals surface area (Å²) in [5.74, 6) is 0.709. The summed E-state index contributed by atoms with van der Waals surface area (Å²) in [6.07, 6.45) is 2.36. The SMILES string of the molecule is C[C@H]1CCCN(C(=S)SCC(=O)Nc2ccc(S(=O)(=O)N(C)C)cc2)C1. The molecular formula is C17H25N3O3S3. The molecule has 26 heavy (non-hydrogen) atoms. The van der Waals surface area contributed by atoms with E-state index in [1.54, 1.807) is 12.1 Å². The number of benzene rings is 1. The van der Waals surface area contributed by atoms with E-state index in [-0.39, 0.29) is 16.6 Å². The minimum absolute atomic E-state index is 0.161. The van der Waals surface area contributed by atoms with Gasteiger partial charge < -0.3 is 10.2 Å². The first-order valence-electron chi connectivity index (χ1n) is 8.44. The monoisotopic (exact) mass is 415 g/mol. The number of nitrogens with zero attached hydrogens (tertiary/aromatic N) is 2. The van der Waals surface area contributed by atoms with Crippen LogP contribution in [0.4, 0.5) is 5.69 Å². The third-order valence-corrected chi connectivity index (χ3v) is 7.51. The molecule has 6 nitrogen and oxygen atoms in total. The Morgan fingerprint density at radius 3 is 2.58 bits per heavy atom. The lowest BCUT2D eigenvalue weighted by atomic mass is 10.0. The maximum Gasteiger partial charge on any atom is 0.242 e. The highest BCUT2D eigenvalue weighted by molar-refractivity contribution is 8.23. The second-order valence-electron chi connectivity index (χ2n) is 6.61. The number of rotatable bonds is 5. The summed E-state index contributed by atoms with van der Waals surface area (Å²) in [7, 11) is -0.506. The van der Waals surface area contributed by atoms with Crippen molar-refractivity contribution in [3.05, 3.63) is 24.3 Å². The molecule has 1 amide bonds. The summed E-state index contributed by atoms with van der Waals surface area (Å²) < 4.78 is 26.0. The van der Waals surface area contributed by atoms with Gasteiger partial charge >= 0.3 is 0 Å². The van der Waals surface area contributed by atoms with E-state index in [1.165, 1.54) is 44.4 Å². The number of amides is 1. The molecule has 1 heterocycles. The van der Waals surface area contributed by atoms with Crippen LogP contribution in [0.15, 0.2) is 29.2 Å². The summed E-state index contributed by atoms with van der Waals surface area (Å²) >= 11 is 6.80. The van der Waals surface area contributed by atoms with Crippen molar-refractivity contribution >= 4 is 49.9 Å². The van der Waals surface area contributed by atoms with E-state index in [0.717, 1.165) is 28.1 Å². The zero-order chi connectivity index (χ0) is 19.3. The summed E-state index contributed by atoms with van der Waals surface area (Å²) in [6.45, 7) is 4.13. The van der Waals surface area contributed by atoms with E-state index in [9.17, 15) is 13.2 Å². The Bertz CT molecular complexity index is 748. The molecule has 144 valence electrons. The van der Waals surface area contributed by atoms with E-state index < -0.39 is 10.0 Å². The summed E-state index contributed by atoms with van der Waals surface area (Å²) in [5.41, 5.74) is 0.561. The highest BCUT2D eigenvalue weighted by Crippen LogP contribution is 2.21. The summed E-state index contributed by atoms with van der Waals surface area (Å²) in [6, 6.07) is 6.14. The molecule has 1 fully saturated rings. The Balaban J connectivity index is 1.85. The van der Waals surface area contributed by atoms with Crippen LogP contribution in [0.2, 0.25) is 0 Å². The molecule has 1 aromatic carbocycles. The Labute approximate surface area is 165 Å². The van der Waals surface area contributed by atoms with Crippen molar-refractivity contribution in [3.8, 4) is 0 Å². The van der Waals surface area contributed by atoms with Gasteiger partial charge in [-0.25, -0.2) is 12.7 Å². The van der Waals surface area contributed by atoms with Crippen molar-refractivity contribution in [1.82, 2.24) is 9.21 Å². The number of piperidine rings is 1. The fourth-order valence-corrected chi connectivity index (χ4v) is 4.61. The fourth-order valence-electron chi connectivity index (χ4n) is 2.69. The Morgan fingerprint density at radius 2 is 2.00 bits per heavy atom. The zero-order valence-corrected chi connectivity index (χ0v) is 17.7. The minimum atomic E-state index is -3.47. The number of sulfonamides is 1. The van der Waals surface area contributed by atoms with Gasteiger partial charge in [0.2, 0.25) is 15.9 Å². The molecule has 1 N–H and O–H groups in total. The van der Waals surface area contributed by atoms with E-state index >= 15 is 0 Å². The molecule has 0 aromatic heterocycles. The van der Waals surface area contributed by atoms with Crippen molar-refractivity contribution in [1.29, 1.82) is 0 Å². The highest BCUT2D eigenvalue weighted by Gasteiger charge is 2.20. The zero-order valence-electron chi connectivity index (χ0n) is 15.3. The third-order valence-electron chi connectivity index (χ3n) is 4.16. The molecule has 0 bridgehead atoms. The van der Waals surface area contributed by atoms with Crippen molar-refractivity contribution < 1.29 is 13.2 Å². The molecule has 2 rings (SSSR count). The predicted molar refractivity (Wildman–Crippen MR) is 111 cm³/mol. The number of thiocarbonyl (C=S) groups is 1. The molecule has 9 heteroatoms. The number of hydrogen-bond donors (Lipinski definition) is 1. The van der Waals surface area contributed by atoms with E-state index in [0.29, 0.717) is 11.6 Å². The van der Waals surface area contributed by atoms with Gasteiger partial charge in [0.25, 0.3) is 0 Å². The van der Waals surface area contributed by atoms with Crippen LogP contribution in [0.5, 0.6) is 0 Å². The van der Waals surface area contributed by atoms with Crippen LogP contribution in [0, 0.1) is 5.92 Å². The summed E-state index contributed by atoms with van der Waals surface area (Å²) in [4.78, 5) is 14.5. The average molecular weight is 416 g/mol. The molecule has 1 aliphatic heterocycles. The first kappa shape index (κ1) is 21.1. The van der Waals surface area contributed by atoms with Crippen LogP contribution in [0.1, 0.15) is 19.8 Å². The van der Waals surface area contributed by atoms with Gasteiger partial charge in [-0.15, -0.1) is 0 Å². The van der Waals surface area contributed by atoms with Crippen molar-refractivity contribution in [2.45, 2.75) is 24.7 Å². The Morgan fingerprint density at radius 1 is 1.35 bits per heavy atom. The first-order valence-corrected chi connectivity index (χ1v) is 11.3. The minimum Gasteiger partial charge on any atom is -0.357 e. The van der Waals surface area contributed by atoms with Crippen LogP contribution < -0.4 is 5.32 Å².